The van der Waals surface area contributed by atoms with E-state index in [4.69, 9.17) is 0 Å². The number of nitrogens with zero attached hydrogens (tertiary/aromatic N) is 1. The average Bonchev–Trinajstić information content (AvgIpc) is 2.36. The first-order chi connectivity index (χ1) is 9.45. The van der Waals surface area contributed by atoms with Crippen molar-refractivity contribution in [1.29, 1.82) is 0 Å². The van der Waals surface area contributed by atoms with E-state index in [1.807, 2.05) is 4.90 Å². The summed E-state index contributed by atoms with van der Waals surface area (Å²) in [6, 6.07) is 7.25. The third kappa shape index (κ3) is 3.83. The summed E-state index contributed by atoms with van der Waals surface area (Å²) in [4.78, 5) is 14.3. The van der Waals surface area contributed by atoms with Gasteiger partial charge in [0.25, 0.3) is 0 Å². The van der Waals surface area contributed by atoms with Gasteiger partial charge < -0.3 is 10.2 Å². The van der Waals surface area contributed by atoms with Crippen LogP contribution in [-0.2, 0) is 11.2 Å². The normalized spacial score (nSPS) is 22.9. The summed E-state index contributed by atoms with van der Waals surface area (Å²) in [5.74, 6) is 0.283. The highest BCUT2D eigenvalue weighted by Crippen LogP contribution is 2.14. The topological polar surface area (TPSA) is 32.3 Å². The minimum Gasteiger partial charge on any atom is -0.340 e. The van der Waals surface area contributed by atoms with Gasteiger partial charge in [0.1, 0.15) is 0 Å². The van der Waals surface area contributed by atoms with E-state index in [0.717, 1.165) is 19.5 Å². The van der Waals surface area contributed by atoms with Gasteiger partial charge in [-0.05, 0) is 45.2 Å². The van der Waals surface area contributed by atoms with Crippen LogP contribution in [0.15, 0.2) is 18.2 Å². The largest absolute Gasteiger partial charge is 0.340 e. The molecule has 0 aromatic heterocycles. The number of piperazine rings is 1. The van der Waals surface area contributed by atoms with Crippen molar-refractivity contribution >= 4 is 5.91 Å². The van der Waals surface area contributed by atoms with Crippen molar-refractivity contribution in [2.45, 2.75) is 52.6 Å². The van der Waals surface area contributed by atoms with Crippen molar-refractivity contribution in [2.75, 3.05) is 13.1 Å². The number of benzene rings is 1. The molecule has 0 spiro atoms. The quantitative estimate of drug-likeness (QED) is 0.918. The molecule has 0 bridgehead atoms. The fourth-order valence-corrected chi connectivity index (χ4v) is 3.06. The Morgan fingerprint density at radius 3 is 2.50 bits per heavy atom. The lowest BCUT2D eigenvalue weighted by atomic mass is 10.0. The molecule has 1 aliphatic heterocycles. The highest BCUT2D eigenvalue weighted by atomic mass is 16.2. The van der Waals surface area contributed by atoms with Crippen LogP contribution in [-0.4, -0.2) is 36.0 Å². The predicted octanol–water partition coefficient (Wildman–Crippen LogP) is 2.44. The zero-order chi connectivity index (χ0) is 14.7. The molecule has 20 heavy (non-hydrogen) atoms. The summed E-state index contributed by atoms with van der Waals surface area (Å²) in [5, 5.41) is 3.46. The third-order valence-corrected chi connectivity index (χ3v) is 4.02. The van der Waals surface area contributed by atoms with E-state index in [0.29, 0.717) is 18.5 Å². The number of carbonyl (C=O) groups excluding carboxylic acids is 1. The van der Waals surface area contributed by atoms with E-state index in [1.165, 1.54) is 16.7 Å². The summed E-state index contributed by atoms with van der Waals surface area (Å²) in [5.41, 5.74) is 3.86. The van der Waals surface area contributed by atoms with Crippen LogP contribution in [0.1, 0.15) is 37.0 Å². The van der Waals surface area contributed by atoms with E-state index in [2.05, 4.69) is 51.2 Å². The van der Waals surface area contributed by atoms with E-state index >= 15 is 0 Å². The van der Waals surface area contributed by atoms with Gasteiger partial charge in [-0.25, -0.2) is 0 Å². The molecule has 3 nitrogen and oxygen atoms in total. The maximum atomic E-state index is 12.3. The highest BCUT2D eigenvalue weighted by Gasteiger charge is 2.24. The molecule has 0 aliphatic carbocycles. The minimum atomic E-state index is 0.283. The molecule has 0 radical (unpaired) electrons. The van der Waals surface area contributed by atoms with E-state index in [-0.39, 0.29) is 5.91 Å². The number of carbonyl (C=O) groups is 1. The van der Waals surface area contributed by atoms with E-state index in [9.17, 15) is 4.79 Å². The molecule has 1 fully saturated rings. The Hall–Kier alpha value is -1.35. The monoisotopic (exact) mass is 274 g/mol. The molecule has 3 heteroatoms. The molecule has 1 saturated heterocycles. The summed E-state index contributed by atoms with van der Waals surface area (Å²) in [6.45, 7) is 10.2. The van der Waals surface area contributed by atoms with Gasteiger partial charge in [-0.1, -0.05) is 23.8 Å². The van der Waals surface area contributed by atoms with E-state index < -0.39 is 0 Å². The van der Waals surface area contributed by atoms with Crippen molar-refractivity contribution in [1.82, 2.24) is 10.2 Å². The molecule has 0 saturated carbocycles. The Labute approximate surface area is 122 Å². The Kier molecular flexibility index (Phi) is 4.81. The van der Waals surface area contributed by atoms with E-state index in [1.54, 1.807) is 0 Å². The fraction of sp³-hybridized carbons (Fsp3) is 0.588. The molecule has 1 N–H and O–H groups in total. The second kappa shape index (κ2) is 6.40. The van der Waals surface area contributed by atoms with Gasteiger partial charge in [0.05, 0.1) is 0 Å². The predicted molar refractivity (Wildman–Crippen MR) is 82.9 cm³/mol. The molecule has 1 aliphatic rings. The van der Waals surface area contributed by atoms with Crippen molar-refractivity contribution in [2.24, 2.45) is 0 Å². The van der Waals surface area contributed by atoms with Gasteiger partial charge in [0, 0.05) is 31.6 Å². The molecular weight excluding hydrogens is 248 g/mol. The molecule has 1 aromatic rings. The van der Waals surface area contributed by atoms with Crippen LogP contribution in [0, 0.1) is 13.8 Å². The van der Waals surface area contributed by atoms with Crippen molar-refractivity contribution in [3.63, 3.8) is 0 Å². The molecule has 1 heterocycles. The summed E-state index contributed by atoms with van der Waals surface area (Å²) < 4.78 is 0. The van der Waals surface area contributed by atoms with Crippen molar-refractivity contribution < 1.29 is 4.79 Å². The smallest absolute Gasteiger partial charge is 0.223 e. The summed E-state index contributed by atoms with van der Waals surface area (Å²) >= 11 is 0. The van der Waals surface area contributed by atoms with Gasteiger partial charge in [-0.15, -0.1) is 0 Å². The van der Waals surface area contributed by atoms with Crippen molar-refractivity contribution in [3.05, 3.63) is 34.9 Å². The van der Waals surface area contributed by atoms with Crippen LogP contribution in [0.5, 0.6) is 0 Å². The van der Waals surface area contributed by atoms with Crippen LogP contribution in [0.25, 0.3) is 0 Å². The van der Waals surface area contributed by atoms with Crippen LogP contribution in [0.3, 0.4) is 0 Å². The zero-order valence-electron chi connectivity index (χ0n) is 13.1. The second-order valence-electron chi connectivity index (χ2n) is 6.20. The zero-order valence-corrected chi connectivity index (χ0v) is 13.1. The first-order valence-corrected chi connectivity index (χ1v) is 7.55. The van der Waals surface area contributed by atoms with Gasteiger partial charge in [0.2, 0.25) is 5.91 Å². The lowest BCUT2D eigenvalue weighted by Crippen LogP contribution is -2.55. The number of hydrogen-bond donors (Lipinski definition) is 1. The van der Waals surface area contributed by atoms with Gasteiger partial charge in [0.15, 0.2) is 0 Å². The maximum absolute atomic E-state index is 12.3. The summed E-state index contributed by atoms with van der Waals surface area (Å²) in [6.07, 6.45) is 1.46. The van der Waals surface area contributed by atoms with Crippen molar-refractivity contribution in [3.8, 4) is 0 Å². The van der Waals surface area contributed by atoms with Crippen LogP contribution in [0.4, 0.5) is 0 Å². The maximum Gasteiger partial charge on any atom is 0.223 e. The molecule has 110 valence electrons. The molecule has 1 aromatic carbocycles. The van der Waals surface area contributed by atoms with Crippen LogP contribution >= 0.6 is 0 Å². The highest BCUT2D eigenvalue weighted by molar-refractivity contribution is 5.76. The van der Waals surface area contributed by atoms with Gasteiger partial charge in [-0.2, -0.15) is 0 Å². The fourth-order valence-electron chi connectivity index (χ4n) is 3.06. The Morgan fingerprint density at radius 2 is 1.90 bits per heavy atom. The minimum absolute atomic E-state index is 0.283. The lowest BCUT2D eigenvalue weighted by molar-refractivity contribution is -0.132. The number of aryl methyl sites for hydroxylation is 3. The number of amides is 1. The first-order valence-electron chi connectivity index (χ1n) is 7.55. The SMILES string of the molecule is Cc1ccc(CCC(=O)N2C[C@H](C)N[C@@H](C)C2)c(C)c1. The Bertz CT molecular complexity index is 474. The van der Waals surface area contributed by atoms with Crippen LogP contribution < -0.4 is 5.32 Å². The molecule has 1 amide bonds. The number of rotatable bonds is 3. The number of hydrogen-bond acceptors (Lipinski definition) is 2. The summed E-state index contributed by atoms with van der Waals surface area (Å²) in [7, 11) is 0. The molecular formula is C17H26N2O. The second-order valence-corrected chi connectivity index (χ2v) is 6.20. The molecule has 0 unspecified atom stereocenters. The van der Waals surface area contributed by atoms with Gasteiger partial charge in [-0.3, -0.25) is 4.79 Å². The molecule has 2 rings (SSSR count). The van der Waals surface area contributed by atoms with Crippen LogP contribution in [0.2, 0.25) is 0 Å². The molecule has 2 atom stereocenters. The standard InChI is InChI=1S/C17H26N2O/c1-12-5-6-16(13(2)9-12)7-8-17(20)19-10-14(3)18-15(4)11-19/h5-6,9,14-15,18H,7-8,10-11H2,1-4H3/t14-,15-/m0/s1. The third-order valence-electron chi connectivity index (χ3n) is 4.02. The Balaban J connectivity index is 1.91. The average molecular weight is 274 g/mol. The lowest BCUT2D eigenvalue weighted by Gasteiger charge is -2.36. The van der Waals surface area contributed by atoms with Gasteiger partial charge >= 0.3 is 0 Å². The first kappa shape index (κ1) is 15.0. The number of nitrogens with one attached hydrogen (secondary N) is 1. The Morgan fingerprint density at radius 1 is 1.25 bits per heavy atom.